The molecule has 10 heteroatoms. The molecule has 3 aromatic rings. The van der Waals surface area contributed by atoms with Crippen molar-refractivity contribution in [1.29, 1.82) is 0 Å². The molecule has 28 heavy (non-hydrogen) atoms. The van der Waals surface area contributed by atoms with Crippen LogP contribution in [0.4, 0.5) is 18.9 Å². The number of benzene rings is 2. The fourth-order valence-corrected chi connectivity index (χ4v) is 2.70. The molecule has 0 saturated heterocycles. The monoisotopic (exact) mass is 408 g/mol. The molecule has 0 aliphatic carbocycles. The second-order valence-electron chi connectivity index (χ2n) is 5.80. The molecule has 0 amide bonds. The largest absolute Gasteiger partial charge is 0.573 e. The molecule has 0 fully saturated rings. The maximum atomic E-state index is 12.5. The van der Waals surface area contributed by atoms with Crippen molar-refractivity contribution >= 4 is 33.9 Å². The molecule has 0 saturated carbocycles. The Bertz CT molecular complexity index is 1030. The van der Waals surface area contributed by atoms with Crippen LogP contribution in [0.3, 0.4) is 0 Å². The number of alkyl halides is 3. The number of hydrogen-bond donors (Lipinski definition) is 2. The van der Waals surface area contributed by atoms with Crippen molar-refractivity contribution < 1.29 is 23.0 Å². The maximum Gasteiger partial charge on any atom is 0.573 e. The zero-order valence-corrected chi connectivity index (χ0v) is 15.4. The molecule has 1 aromatic heterocycles. The summed E-state index contributed by atoms with van der Waals surface area (Å²) < 4.78 is 42.7. The molecule has 0 aliphatic rings. The molecular formula is C18H15F3N4O2S. The van der Waals surface area contributed by atoms with Crippen LogP contribution in [0.2, 0.25) is 0 Å². The summed E-state index contributed by atoms with van der Waals surface area (Å²) in [5, 5.41) is 21.2. The van der Waals surface area contributed by atoms with Gasteiger partial charge in [0.15, 0.2) is 5.69 Å². The number of aromatic hydroxyl groups is 1. The van der Waals surface area contributed by atoms with Gasteiger partial charge in [0.2, 0.25) is 11.0 Å². The van der Waals surface area contributed by atoms with Gasteiger partial charge in [-0.1, -0.05) is 30.3 Å². The SMILES string of the molecule is Cn1c(O)c(N=NC(=S)NCc2ccccc2)c2cc(OC(F)(F)F)ccc21. The van der Waals surface area contributed by atoms with Crippen LogP contribution in [-0.4, -0.2) is 21.1 Å². The number of ether oxygens (including phenoxy) is 1. The fourth-order valence-electron chi connectivity index (χ4n) is 2.59. The van der Waals surface area contributed by atoms with E-state index in [2.05, 4.69) is 20.3 Å². The van der Waals surface area contributed by atoms with Crippen LogP contribution >= 0.6 is 12.2 Å². The normalized spacial score (nSPS) is 11.9. The van der Waals surface area contributed by atoms with Crippen molar-refractivity contribution in [2.45, 2.75) is 12.9 Å². The summed E-state index contributed by atoms with van der Waals surface area (Å²) in [5.41, 5.74) is 1.44. The molecule has 6 nitrogen and oxygen atoms in total. The van der Waals surface area contributed by atoms with Crippen molar-refractivity contribution in [3.8, 4) is 11.6 Å². The first kappa shape index (κ1) is 19.6. The molecule has 1 heterocycles. The Morgan fingerprint density at radius 3 is 2.61 bits per heavy atom. The molecule has 2 N–H and O–H groups in total. The fraction of sp³-hybridized carbons (Fsp3) is 0.167. The second kappa shape index (κ2) is 7.85. The molecule has 146 valence electrons. The van der Waals surface area contributed by atoms with Crippen molar-refractivity contribution in [3.05, 3.63) is 54.1 Å². The van der Waals surface area contributed by atoms with E-state index in [1.54, 1.807) is 7.05 Å². The lowest BCUT2D eigenvalue weighted by molar-refractivity contribution is -0.274. The van der Waals surface area contributed by atoms with Gasteiger partial charge in [-0.15, -0.1) is 23.4 Å². The lowest BCUT2D eigenvalue weighted by Crippen LogP contribution is -2.18. The highest BCUT2D eigenvalue weighted by molar-refractivity contribution is 7.80. The molecule has 3 rings (SSSR count). The van der Waals surface area contributed by atoms with Crippen LogP contribution in [-0.2, 0) is 13.6 Å². The topological polar surface area (TPSA) is 71.1 Å². The Morgan fingerprint density at radius 1 is 1.21 bits per heavy atom. The predicted octanol–water partition coefficient (Wildman–Crippen LogP) is 4.94. The summed E-state index contributed by atoms with van der Waals surface area (Å²) in [6.45, 7) is 0.434. The minimum atomic E-state index is -4.82. The zero-order chi connectivity index (χ0) is 20.3. The Hall–Kier alpha value is -3.14. The summed E-state index contributed by atoms with van der Waals surface area (Å²) in [7, 11) is 1.55. The maximum absolute atomic E-state index is 12.5. The summed E-state index contributed by atoms with van der Waals surface area (Å²) in [4.78, 5) is 0. The quantitative estimate of drug-likeness (QED) is 0.474. The van der Waals surface area contributed by atoms with E-state index in [0.29, 0.717) is 12.1 Å². The lowest BCUT2D eigenvalue weighted by atomic mass is 10.2. The van der Waals surface area contributed by atoms with Gasteiger partial charge >= 0.3 is 6.36 Å². The van der Waals surface area contributed by atoms with Gasteiger partial charge in [0.05, 0.1) is 5.52 Å². The van der Waals surface area contributed by atoms with Crippen molar-refractivity contribution in [1.82, 2.24) is 9.88 Å². The molecule has 0 spiro atoms. The predicted molar refractivity (Wildman–Crippen MR) is 102 cm³/mol. The average molecular weight is 408 g/mol. The van der Waals surface area contributed by atoms with E-state index in [4.69, 9.17) is 12.2 Å². The number of hydrogen-bond acceptors (Lipinski definition) is 4. The van der Waals surface area contributed by atoms with Crippen LogP contribution < -0.4 is 10.1 Å². The zero-order valence-electron chi connectivity index (χ0n) is 14.6. The van der Waals surface area contributed by atoms with Gasteiger partial charge < -0.3 is 19.7 Å². The molecule has 0 radical (unpaired) electrons. The Morgan fingerprint density at radius 2 is 1.93 bits per heavy atom. The number of aromatic nitrogens is 1. The number of azo groups is 1. The summed E-state index contributed by atoms with van der Waals surface area (Å²) in [5.74, 6) is -0.680. The van der Waals surface area contributed by atoms with Crippen molar-refractivity contribution in [3.63, 3.8) is 0 Å². The molecule has 2 aromatic carbocycles. The van der Waals surface area contributed by atoms with Crippen molar-refractivity contribution in [2.75, 3.05) is 0 Å². The van der Waals surface area contributed by atoms with Gasteiger partial charge in [0.1, 0.15) is 5.75 Å². The van der Waals surface area contributed by atoms with E-state index in [0.717, 1.165) is 17.7 Å². The second-order valence-corrected chi connectivity index (χ2v) is 6.19. The minimum Gasteiger partial charge on any atom is -0.493 e. The first-order valence-electron chi connectivity index (χ1n) is 8.05. The summed E-state index contributed by atoms with van der Waals surface area (Å²) in [6, 6.07) is 13.2. The van der Waals surface area contributed by atoms with Gasteiger partial charge in [-0.05, 0) is 36.0 Å². The van der Waals surface area contributed by atoms with Gasteiger partial charge in [0.25, 0.3) is 0 Å². The third-order valence-electron chi connectivity index (χ3n) is 3.87. The highest BCUT2D eigenvalue weighted by Crippen LogP contribution is 2.40. The van der Waals surface area contributed by atoms with Gasteiger partial charge in [0, 0.05) is 19.0 Å². The van der Waals surface area contributed by atoms with Gasteiger partial charge in [-0.3, -0.25) is 0 Å². The first-order valence-corrected chi connectivity index (χ1v) is 8.46. The average Bonchev–Trinajstić information content (AvgIpc) is 2.88. The first-order chi connectivity index (χ1) is 13.2. The van der Waals surface area contributed by atoms with Crippen LogP contribution in [0.15, 0.2) is 58.8 Å². The number of nitrogens with zero attached hydrogens (tertiary/aromatic N) is 3. The lowest BCUT2D eigenvalue weighted by Gasteiger charge is -2.08. The number of rotatable bonds is 4. The highest BCUT2D eigenvalue weighted by Gasteiger charge is 2.31. The van der Waals surface area contributed by atoms with E-state index in [1.807, 2.05) is 30.3 Å². The molecule has 0 bridgehead atoms. The highest BCUT2D eigenvalue weighted by atomic mass is 32.1. The molecular weight excluding hydrogens is 393 g/mol. The molecule has 0 aliphatic heterocycles. The van der Waals surface area contributed by atoms with E-state index in [1.165, 1.54) is 10.6 Å². The third-order valence-corrected chi connectivity index (χ3v) is 4.10. The van der Waals surface area contributed by atoms with Crippen molar-refractivity contribution in [2.24, 2.45) is 17.3 Å². The van der Waals surface area contributed by atoms with Crippen LogP contribution in [0, 0.1) is 0 Å². The van der Waals surface area contributed by atoms with Gasteiger partial charge in [-0.2, -0.15) is 0 Å². The summed E-state index contributed by atoms with van der Waals surface area (Å²) in [6.07, 6.45) is -4.82. The van der Waals surface area contributed by atoms with Crippen LogP contribution in [0.1, 0.15) is 5.56 Å². The number of fused-ring (bicyclic) bond motifs is 1. The number of aryl methyl sites for hydroxylation is 1. The molecule has 0 atom stereocenters. The standard InChI is InChI=1S/C18H15F3N4O2S/c1-25-14-8-7-12(27-18(19,20)21)9-13(14)15(16(25)26)23-24-17(28)22-10-11-5-3-2-4-6-11/h2-9,26H,10H2,1H3,(H,22,28). The van der Waals surface area contributed by atoms with Gasteiger partial charge in [-0.25, -0.2) is 0 Å². The third kappa shape index (κ3) is 4.58. The van der Waals surface area contributed by atoms with E-state index in [9.17, 15) is 18.3 Å². The van der Waals surface area contributed by atoms with Crippen LogP contribution in [0.5, 0.6) is 11.6 Å². The Labute approximate surface area is 163 Å². The minimum absolute atomic E-state index is 0.00557. The van der Waals surface area contributed by atoms with E-state index >= 15 is 0 Å². The van der Waals surface area contributed by atoms with Crippen LogP contribution in [0.25, 0.3) is 10.9 Å². The number of nitrogens with one attached hydrogen (secondary N) is 1. The Kier molecular flexibility index (Phi) is 5.50. The summed E-state index contributed by atoms with van der Waals surface area (Å²) >= 11 is 5.09. The number of thiocarbonyl (C=S) groups is 1. The van der Waals surface area contributed by atoms with E-state index < -0.39 is 12.1 Å². The smallest absolute Gasteiger partial charge is 0.493 e. The number of halogens is 3. The molecule has 0 unspecified atom stereocenters. The van der Waals surface area contributed by atoms with E-state index in [-0.39, 0.29) is 22.1 Å². The Balaban J connectivity index is 1.82.